The second-order valence-corrected chi connectivity index (χ2v) is 7.08. The summed E-state index contributed by atoms with van der Waals surface area (Å²) in [6, 6.07) is 9.39. The molecular weight excluding hydrogens is 330 g/mol. The fraction of sp³-hybridized carbons (Fsp3) is 0.450. The molecule has 1 aromatic carbocycles. The van der Waals surface area contributed by atoms with E-state index in [1.54, 1.807) is 10.9 Å². The summed E-state index contributed by atoms with van der Waals surface area (Å²) in [6.45, 7) is 2.13. The Morgan fingerprint density at radius 2 is 1.96 bits per heavy atom. The van der Waals surface area contributed by atoms with Crippen LogP contribution >= 0.6 is 0 Å². The SMILES string of the molecule is CCC1CCC(NC(=O)Cc2ccc(-n3cccn3)cc2)(C(=O)O)CC1. The molecule has 1 aliphatic carbocycles. The van der Waals surface area contributed by atoms with Crippen LogP contribution in [0, 0.1) is 5.92 Å². The van der Waals surface area contributed by atoms with E-state index in [1.165, 1.54) is 0 Å². The van der Waals surface area contributed by atoms with Gasteiger partial charge in [-0.05, 0) is 55.4 Å². The second kappa shape index (κ2) is 7.72. The minimum atomic E-state index is -1.11. The summed E-state index contributed by atoms with van der Waals surface area (Å²) in [5, 5.41) is 16.7. The normalized spacial score (nSPS) is 22.7. The first kappa shape index (κ1) is 18.2. The largest absolute Gasteiger partial charge is 0.480 e. The van der Waals surface area contributed by atoms with Crippen LogP contribution in [0.5, 0.6) is 0 Å². The van der Waals surface area contributed by atoms with Crippen LogP contribution in [-0.4, -0.2) is 32.3 Å². The van der Waals surface area contributed by atoms with Gasteiger partial charge in [-0.15, -0.1) is 0 Å². The number of benzene rings is 1. The van der Waals surface area contributed by atoms with Crippen LogP contribution in [0.25, 0.3) is 5.69 Å². The number of carbonyl (C=O) groups is 2. The predicted octanol–water partition coefficient (Wildman–Crippen LogP) is 2.95. The van der Waals surface area contributed by atoms with Crippen molar-refractivity contribution < 1.29 is 14.7 Å². The monoisotopic (exact) mass is 355 g/mol. The zero-order valence-electron chi connectivity index (χ0n) is 15.0. The average Bonchev–Trinajstić information content (AvgIpc) is 3.17. The smallest absolute Gasteiger partial charge is 0.329 e. The molecule has 0 radical (unpaired) electrons. The maximum atomic E-state index is 12.5. The third-order valence-electron chi connectivity index (χ3n) is 5.39. The number of hydrogen-bond donors (Lipinski definition) is 2. The first-order valence-electron chi connectivity index (χ1n) is 9.16. The Labute approximate surface area is 153 Å². The molecule has 1 aliphatic rings. The lowest BCUT2D eigenvalue weighted by atomic mass is 9.75. The van der Waals surface area contributed by atoms with Crippen molar-refractivity contribution in [3.05, 3.63) is 48.3 Å². The van der Waals surface area contributed by atoms with Crippen LogP contribution < -0.4 is 5.32 Å². The van der Waals surface area contributed by atoms with E-state index in [0.29, 0.717) is 18.8 Å². The summed E-state index contributed by atoms with van der Waals surface area (Å²) >= 11 is 0. The number of carbonyl (C=O) groups excluding carboxylic acids is 1. The number of rotatable bonds is 6. The topological polar surface area (TPSA) is 84.2 Å². The zero-order chi connectivity index (χ0) is 18.6. The van der Waals surface area contributed by atoms with E-state index in [-0.39, 0.29) is 12.3 Å². The van der Waals surface area contributed by atoms with Gasteiger partial charge in [0.25, 0.3) is 0 Å². The summed E-state index contributed by atoms with van der Waals surface area (Å²) in [5.41, 5.74) is 0.651. The van der Waals surface area contributed by atoms with Crippen molar-refractivity contribution in [3.8, 4) is 5.69 Å². The van der Waals surface area contributed by atoms with Crippen LogP contribution in [0.2, 0.25) is 0 Å². The van der Waals surface area contributed by atoms with Crippen molar-refractivity contribution in [3.63, 3.8) is 0 Å². The van der Waals surface area contributed by atoms with Crippen molar-refractivity contribution in [1.82, 2.24) is 15.1 Å². The van der Waals surface area contributed by atoms with Crippen molar-refractivity contribution in [2.24, 2.45) is 5.92 Å². The zero-order valence-corrected chi connectivity index (χ0v) is 15.0. The van der Waals surface area contributed by atoms with Gasteiger partial charge in [0.1, 0.15) is 5.54 Å². The van der Waals surface area contributed by atoms with Gasteiger partial charge in [-0.3, -0.25) is 4.79 Å². The summed E-state index contributed by atoms with van der Waals surface area (Å²) in [6.07, 6.45) is 7.50. The van der Waals surface area contributed by atoms with E-state index >= 15 is 0 Å². The number of nitrogens with one attached hydrogen (secondary N) is 1. The highest BCUT2D eigenvalue weighted by atomic mass is 16.4. The molecule has 1 fully saturated rings. The Morgan fingerprint density at radius 3 is 2.50 bits per heavy atom. The number of nitrogens with zero attached hydrogens (tertiary/aromatic N) is 2. The molecule has 1 aromatic heterocycles. The van der Waals surface area contributed by atoms with Crippen LogP contribution in [0.15, 0.2) is 42.7 Å². The van der Waals surface area contributed by atoms with Crippen LogP contribution in [0.4, 0.5) is 0 Å². The van der Waals surface area contributed by atoms with E-state index < -0.39 is 11.5 Å². The fourth-order valence-electron chi connectivity index (χ4n) is 3.66. The lowest BCUT2D eigenvalue weighted by Gasteiger charge is -2.37. The second-order valence-electron chi connectivity index (χ2n) is 7.08. The number of aromatic nitrogens is 2. The number of aliphatic carboxylic acids is 1. The summed E-state index contributed by atoms with van der Waals surface area (Å²) in [5.74, 6) is -0.599. The van der Waals surface area contributed by atoms with E-state index in [9.17, 15) is 14.7 Å². The highest BCUT2D eigenvalue weighted by molar-refractivity contribution is 5.88. The third-order valence-corrected chi connectivity index (χ3v) is 5.39. The Morgan fingerprint density at radius 1 is 1.27 bits per heavy atom. The van der Waals surface area contributed by atoms with Gasteiger partial charge >= 0.3 is 5.97 Å². The van der Waals surface area contributed by atoms with Crippen LogP contribution in [-0.2, 0) is 16.0 Å². The van der Waals surface area contributed by atoms with Crippen LogP contribution in [0.3, 0.4) is 0 Å². The minimum absolute atomic E-state index is 0.172. The van der Waals surface area contributed by atoms with Gasteiger partial charge < -0.3 is 10.4 Å². The van der Waals surface area contributed by atoms with E-state index in [4.69, 9.17) is 0 Å². The Kier molecular flexibility index (Phi) is 5.40. The van der Waals surface area contributed by atoms with Gasteiger partial charge in [0, 0.05) is 12.4 Å². The molecule has 2 aromatic rings. The molecule has 6 nitrogen and oxygen atoms in total. The van der Waals surface area contributed by atoms with E-state index in [0.717, 1.165) is 30.5 Å². The van der Waals surface area contributed by atoms with Crippen molar-refractivity contribution in [2.75, 3.05) is 0 Å². The fourth-order valence-corrected chi connectivity index (χ4v) is 3.66. The maximum absolute atomic E-state index is 12.5. The first-order chi connectivity index (χ1) is 12.5. The predicted molar refractivity (Wildman–Crippen MR) is 98.0 cm³/mol. The minimum Gasteiger partial charge on any atom is -0.480 e. The molecule has 26 heavy (non-hydrogen) atoms. The molecule has 6 heteroatoms. The lowest BCUT2D eigenvalue weighted by molar-refractivity contribution is -0.149. The van der Waals surface area contributed by atoms with E-state index in [1.807, 2.05) is 36.5 Å². The van der Waals surface area contributed by atoms with Gasteiger partial charge in [0.2, 0.25) is 5.91 Å². The molecule has 0 spiro atoms. The third kappa shape index (κ3) is 3.95. The molecule has 0 atom stereocenters. The molecule has 3 rings (SSSR count). The summed E-state index contributed by atoms with van der Waals surface area (Å²) in [4.78, 5) is 24.3. The molecular formula is C20H25N3O3. The number of carboxylic acids is 1. The van der Waals surface area contributed by atoms with Crippen molar-refractivity contribution in [1.29, 1.82) is 0 Å². The molecule has 138 valence electrons. The number of amides is 1. The Bertz CT molecular complexity index is 745. The number of carboxylic acid groups (broad SMARTS) is 1. The van der Waals surface area contributed by atoms with Crippen molar-refractivity contribution >= 4 is 11.9 Å². The molecule has 0 saturated heterocycles. The van der Waals surface area contributed by atoms with Gasteiger partial charge in [-0.1, -0.05) is 25.5 Å². The van der Waals surface area contributed by atoms with E-state index in [2.05, 4.69) is 17.3 Å². The summed E-state index contributed by atoms with van der Waals surface area (Å²) < 4.78 is 1.75. The maximum Gasteiger partial charge on any atom is 0.329 e. The molecule has 0 bridgehead atoms. The highest BCUT2D eigenvalue weighted by Gasteiger charge is 2.42. The molecule has 1 saturated carbocycles. The number of hydrogen-bond acceptors (Lipinski definition) is 3. The molecule has 1 amide bonds. The molecule has 1 heterocycles. The Balaban J connectivity index is 1.63. The van der Waals surface area contributed by atoms with Gasteiger partial charge in [-0.2, -0.15) is 5.10 Å². The van der Waals surface area contributed by atoms with Gasteiger partial charge in [-0.25, -0.2) is 9.48 Å². The molecule has 2 N–H and O–H groups in total. The summed E-state index contributed by atoms with van der Waals surface area (Å²) in [7, 11) is 0. The van der Waals surface area contributed by atoms with Gasteiger partial charge in [0.15, 0.2) is 0 Å². The Hall–Kier alpha value is -2.63. The average molecular weight is 355 g/mol. The van der Waals surface area contributed by atoms with Crippen molar-refractivity contribution in [2.45, 2.75) is 51.0 Å². The quantitative estimate of drug-likeness (QED) is 0.834. The van der Waals surface area contributed by atoms with Gasteiger partial charge in [0.05, 0.1) is 12.1 Å². The standard InChI is InChI=1S/C20H25N3O3/c1-2-15-8-10-20(11-9-15,19(25)26)22-18(24)14-16-4-6-17(7-5-16)23-13-3-12-21-23/h3-7,12-13,15H,2,8-11,14H2,1H3,(H,22,24)(H,25,26). The molecule has 0 aliphatic heterocycles. The highest BCUT2D eigenvalue weighted by Crippen LogP contribution is 2.34. The first-order valence-corrected chi connectivity index (χ1v) is 9.16. The molecule has 0 unspecified atom stereocenters. The van der Waals surface area contributed by atoms with Crippen LogP contribution in [0.1, 0.15) is 44.6 Å². The lowest BCUT2D eigenvalue weighted by Crippen LogP contribution is -2.56.